The number of nitrogens with one attached hydrogen (secondary N) is 2. The fourth-order valence-electron chi connectivity index (χ4n) is 8.53. The fourth-order valence-corrected chi connectivity index (χ4v) is 9.06. The molecule has 5 heterocycles. The van der Waals surface area contributed by atoms with E-state index < -0.39 is 0 Å². The molecule has 322 valence electrons. The minimum absolute atomic E-state index is 0.713. The third-order valence-electron chi connectivity index (χ3n) is 11.8. The van der Waals surface area contributed by atoms with Crippen molar-refractivity contribution in [2.24, 2.45) is 0 Å². The molecule has 0 amide bonds. The number of nitrogens with zero attached hydrogens (tertiary/aromatic N) is 2. The summed E-state index contributed by atoms with van der Waals surface area (Å²) in [5.41, 5.74) is 15.5. The minimum Gasteiger partial charge on any atom is -0.494 e. The summed E-state index contributed by atoms with van der Waals surface area (Å²) in [6.45, 7) is 5.89. The van der Waals surface area contributed by atoms with E-state index in [4.69, 9.17) is 19.4 Å². The second kappa shape index (κ2) is 20.3. The van der Waals surface area contributed by atoms with Gasteiger partial charge in [-0.15, -0.1) is 0 Å². The van der Waals surface area contributed by atoms with Crippen molar-refractivity contribution in [1.82, 2.24) is 19.9 Å². The first-order valence-electron chi connectivity index (χ1n) is 22.6. The smallest absolute Gasteiger partial charge is 0.119 e. The molecule has 4 aromatic carbocycles. The minimum atomic E-state index is 0.713. The molecule has 0 spiro atoms. The van der Waals surface area contributed by atoms with Gasteiger partial charge in [-0.3, -0.25) is 0 Å². The molecular weight excluding hydrogens is 920 g/mol. The summed E-state index contributed by atoms with van der Waals surface area (Å²) in [4.78, 5) is 18.7. The molecule has 0 fully saturated rings. The van der Waals surface area contributed by atoms with Crippen LogP contribution in [0.5, 0.6) is 11.5 Å². The van der Waals surface area contributed by atoms with Crippen molar-refractivity contribution in [3.8, 4) is 56.0 Å². The Morgan fingerprint density at radius 1 is 0.375 bits per heavy atom. The topological polar surface area (TPSA) is 75.8 Å². The molecule has 0 unspecified atom stereocenters. The fraction of sp³-hybridized carbons (Fsp3) is 0.214. The Hall–Kier alpha value is -5.96. The van der Waals surface area contributed by atoms with Crippen molar-refractivity contribution in [2.45, 2.75) is 65.2 Å². The molecule has 2 N–H and O–H groups in total. The zero-order valence-corrected chi connectivity index (χ0v) is 39.6. The van der Waals surface area contributed by atoms with Gasteiger partial charge in [0.05, 0.1) is 36.0 Å². The van der Waals surface area contributed by atoms with Gasteiger partial charge in [0.2, 0.25) is 0 Å². The van der Waals surface area contributed by atoms with E-state index in [0.29, 0.717) is 13.2 Å². The van der Waals surface area contributed by atoms with Crippen LogP contribution in [0.25, 0.3) is 90.9 Å². The first-order chi connectivity index (χ1) is 31.4. The number of hydrogen-bond donors (Lipinski definition) is 2. The second-order valence-electron chi connectivity index (χ2n) is 16.4. The maximum atomic E-state index is 6.18. The maximum Gasteiger partial charge on any atom is 0.119 e. The number of unbranched alkanes of at least 4 members (excludes halogenated alkanes) is 6. The van der Waals surface area contributed by atoms with Crippen molar-refractivity contribution in [3.63, 3.8) is 0 Å². The van der Waals surface area contributed by atoms with E-state index in [1.54, 1.807) is 0 Å². The van der Waals surface area contributed by atoms with E-state index in [-0.39, 0.29) is 0 Å². The molecule has 0 atom stereocenters. The lowest BCUT2D eigenvalue weighted by Gasteiger charge is -2.09. The average molecular weight is 973 g/mol. The van der Waals surface area contributed by atoms with E-state index in [9.17, 15) is 0 Å². The summed E-state index contributed by atoms with van der Waals surface area (Å²) in [6, 6.07) is 42.5. The second-order valence-corrected chi connectivity index (χ2v) is 18.2. The number of benzene rings is 4. The zero-order valence-electron chi connectivity index (χ0n) is 36.4. The summed E-state index contributed by atoms with van der Waals surface area (Å²) in [5, 5.41) is 0. The van der Waals surface area contributed by atoms with Gasteiger partial charge in [-0.2, -0.15) is 0 Å². The highest BCUT2D eigenvalue weighted by Gasteiger charge is 2.19. The lowest BCUT2D eigenvalue weighted by atomic mass is 10.0. The summed E-state index contributed by atoms with van der Waals surface area (Å²) in [7, 11) is 0. The Morgan fingerprint density at radius 2 is 0.672 bits per heavy atom. The Bertz CT molecular complexity index is 2760. The first kappa shape index (κ1) is 43.3. The Labute approximate surface area is 392 Å². The van der Waals surface area contributed by atoms with Crippen LogP contribution in [-0.4, -0.2) is 33.1 Å². The van der Waals surface area contributed by atoms with Crippen LogP contribution in [0.4, 0.5) is 0 Å². The van der Waals surface area contributed by atoms with Crippen LogP contribution in [-0.2, 0) is 0 Å². The molecule has 9 rings (SSSR count). The summed E-state index contributed by atoms with van der Waals surface area (Å²) >= 11 is 7.34. The SMILES string of the molecule is CCCCCCOc1ccc(-c2c3nc(c(-c4ccc(Br)cc4)c4ccc([nH]4)c(-c4ccc(OCCCCCC)cc4)c4nc(c(-c5ccc(Br)cc5)c5ccc2[nH]5)C=C4)C=C3)cc1. The lowest BCUT2D eigenvalue weighted by molar-refractivity contribution is 0.305. The van der Waals surface area contributed by atoms with Crippen molar-refractivity contribution in [3.05, 3.63) is 153 Å². The third-order valence-corrected chi connectivity index (χ3v) is 12.9. The molecule has 0 radical (unpaired) electrons. The van der Waals surface area contributed by atoms with E-state index >= 15 is 0 Å². The molecule has 8 heteroatoms. The monoisotopic (exact) mass is 970 g/mol. The lowest BCUT2D eigenvalue weighted by Crippen LogP contribution is -1.97. The molecule has 0 saturated carbocycles. The number of aromatic nitrogens is 4. The first-order valence-corrected chi connectivity index (χ1v) is 24.2. The van der Waals surface area contributed by atoms with Gasteiger partial charge in [-0.25, -0.2) is 9.97 Å². The number of fused-ring (bicyclic) bond motifs is 8. The highest BCUT2D eigenvalue weighted by atomic mass is 79.9. The standard InChI is InChI=1S/C56H52Br2N4O2/c1-3-5-7-9-35-63-43-23-15-39(16-24-43)55-49-31-27-45(59-49)53(37-11-19-41(57)20-12-37)47-29-33-51(61-47)56(40-17-25-44(26-18-40)64-36-10-8-6-4-2)52-34-30-48(62-52)54(46-28-32-50(55)60-46)38-13-21-42(58)22-14-38/h11-34,59,62H,3-10,35-36H2,1-2H3. The van der Waals surface area contributed by atoms with Gasteiger partial charge in [0.25, 0.3) is 0 Å². The molecule has 3 aromatic heterocycles. The molecule has 2 aliphatic rings. The zero-order chi connectivity index (χ0) is 43.8. The summed E-state index contributed by atoms with van der Waals surface area (Å²) < 4.78 is 14.4. The van der Waals surface area contributed by atoms with Crippen molar-refractivity contribution in [1.29, 1.82) is 0 Å². The van der Waals surface area contributed by atoms with E-state index in [0.717, 1.165) is 123 Å². The van der Waals surface area contributed by atoms with Crippen LogP contribution in [0.2, 0.25) is 0 Å². The van der Waals surface area contributed by atoms with Crippen molar-refractivity contribution < 1.29 is 9.47 Å². The van der Waals surface area contributed by atoms with E-state index in [1.165, 1.54) is 38.5 Å². The Morgan fingerprint density at radius 3 is 0.969 bits per heavy atom. The van der Waals surface area contributed by atoms with Crippen molar-refractivity contribution in [2.75, 3.05) is 13.2 Å². The number of halogens is 2. The molecule has 8 bridgehead atoms. The van der Waals surface area contributed by atoms with Crippen LogP contribution < -0.4 is 9.47 Å². The third kappa shape index (κ3) is 9.74. The average Bonchev–Trinajstić information content (AvgIpc) is 4.17. The quantitative estimate of drug-likeness (QED) is 0.0946. The highest BCUT2D eigenvalue weighted by Crippen LogP contribution is 2.39. The number of hydrogen-bond acceptors (Lipinski definition) is 4. The van der Waals surface area contributed by atoms with Crippen LogP contribution in [0.15, 0.2) is 130 Å². The van der Waals surface area contributed by atoms with Gasteiger partial charge in [-0.05, 0) is 132 Å². The predicted molar refractivity (Wildman–Crippen MR) is 275 cm³/mol. The molecule has 6 nitrogen and oxygen atoms in total. The van der Waals surface area contributed by atoms with Crippen LogP contribution in [0.3, 0.4) is 0 Å². The number of H-pyrrole nitrogens is 2. The van der Waals surface area contributed by atoms with Gasteiger partial charge in [-0.1, -0.05) is 133 Å². The molecule has 7 aromatic rings. The Kier molecular flexibility index (Phi) is 13.7. The van der Waals surface area contributed by atoms with E-state index in [2.05, 4.69) is 201 Å². The van der Waals surface area contributed by atoms with Crippen LogP contribution in [0.1, 0.15) is 88.0 Å². The molecule has 0 aliphatic carbocycles. The van der Waals surface area contributed by atoms with Gasteiger partial charge < -0.3 is 19.4 Å². The van der Waals surface area contributed by atoms with Crippen LogP contribution in [0, 0.1) is 0 Å². The largest absolute Gasteiger partial charge is 0.494 e. The number of rotatable bonds is 16. The normalized spacial score (nSPS) is 11.9. The maximum absolute atomic E-state index is 6.18. The predicted octanol–water partition coefficient (Wildman–Crippen LogP) is 16.8. The van der Waals surface area contributed by atoms with Gasteiger partial charge in [0.15, 0.2) is 0 Å². The summed E-state index contributed by atoms with van der Waals surface area (Å²) in [5.74, 6) is 1.74. The molecular formula is C56H52Br2N4O2. The number of ether oxygens (including phenoxy) is 2. The van der Waals surface area contributed by atoms with Gasteiger partial charge >= 0.3 is 0 Å². The summed E-state index contributed by atoms with van der Waals surface area (Å²) in [6.07, 6.45) is 17.9. The molecule has 0 saturated heterocycles. The highest BCUT2D eigenvalue weighted by molar-refractivity contribution is 9.10. The van der Waals surface area contributed by atoms with Gasteiger partial charge in [0, 0.05) is 53.3 Å². The van der Waals surface area contributed by atoms with Crippen LogP contribution >= 0.6 is 31.9 Å². The van der Waals surface area contributed by atoms with Gasteiger partial charge in [0.1, 0.15) is 11.5 Å². The molecule has 64 heavy (non-hydrogen) atoms. The molecule has 2 aliphatic heterocycles. The Balaban J connectivity index is 1.28. The van der Waals surface area contributed by atoms with E-state index in [1.807, 2.05) is 0 Å². The van der Waals surface area contributed by atoms with Crippen molar-refractivity contribution >= 4 is 78.2 Å². The number of aromatic amines is 2.